The maximum atomic E-state index is 2.54. The third-order valence-electron chi connectivity index (χ3n) is 8.82. The van der Waals surface area contributed by atoms with E-state index >= 15 is 0 Å². The van der Waals surface area contributed by atoms with Gasteiger partial charge in [0, 0.05) is 0 Å². The van der Waals surface area contributed by atoms with Crippen molar-refractivity contribution in [2.45, 2.75) is 117 Å². The van der Waals surface area contributed by atoms with Crippen molar-refractivity contribution in [3.8, 4) is 11.1 Å². The van der Waals surface area contributed by atoms with Crippen molar-refractivity contribution in [2.24, 2.45) is 11.8 Å². The Morgan fingerprint density at radius 1 is 0.500 bits per heavy atom. The number of hydrogen-bond acceptors (Lipinski definition) is 0. The molecule has 0 radical (unpaired) electrons. The van der Waals surface area contributed by atoms with Crippen molar-refractivity contribution < 1.29 is 0 Å². The molecule has 0 N–H and O–H groups in total. The van der Waals surface area contributed by atoms with Crippen LogP contribution in [0.15, 0.2) is 60.7 Å². The highest BCUT2D eigenvalue weighted by Gasteiger charge is 2.16. The fourth-order valence-electron chi connectivity index (χ4n) is 6.29. The normalized spacial score (nSPS) is 20.2. The van der Waals surface area contributed by atoms with Gasteiger partial charge in [-0.1, -0.05) is 139 Å². The largest absolute Gasteiger partial charge is 0.0804 e. The summed E-state index contributed by atoms with van der Waals surface area (Å²) < 4.78 is 0. The third kappa shape index (κ3) is 7.96. The number of allylic oxidation sites excluding steroid dienone is 4. The van der Waals surface area contributed by atoms with E-state index in [1.54, 1.807) is 11.1 Å². The molecule has 0 saturated heterocycles. The Kier molecular flexibility index (Phi) is 10.9. The average Bonchev–Trinajstić information content (AvgIpc) is 2.95. The van der Waals surface area contributed by atoms with Crippen LogP contribution in [-0.2, 0) is 0 Å². The van der Waals surface area contributed by atoms with E-state index in [1.807, 2.05) is 0 Å². The molecule has 2 aliphatic rings. The van der Waals surface area contributed by atoms with Crippen molar-refractivity contribution in [3.05, 3.63) is 71.8 Å². The Balaban J connectivity index is 1.26. The highest BCUT2D eigenvalue weighted by atomic mass is 14.2. The summed E-state index contributed by atoms with van der Waals surface area (Å²) in [6, 6.07) is 18.7. The zero-order chi connectivity index (χ0) is 25.0. The summed E-state index contributed by atoms with van der Waals surface area (Å²) in [5.74, 6) is 1.83. The van der Waals surface area contributed by atoms with Crippen molar-refractivity contribution in [1.29, 1.82) is 0 Å². The molecule has 2 unspecified atom stereocenters. The highest BCUT2D eigenvalue weighted by Crippen LogP contribution is 2.35. The molecule has 2 atom stereocenters. The summed E-state index contributed by atoms with van der Waals surface area (Å²) in [5, 5.41) is 0. The number of rotatable bonds is 13. The van der Waals surface area contributed by atoms with Crippen LogP contribution in [0.25, 0.3) is 22.3 Å². The van der Waals surface area contributed by atoms with Crippen molar-refractivity contribution in [1.82, 2.24) is 0 Å². The fourth-order valence-corrected chi connectivity index (χ4v) is 6.29. The highest BCUT2D eigenvalue weighted by molar-refractivity contribution is 5.73. The van der Waals surface area contributed by atoms with Gasteiger partial charge in [0.05, 0.1) is 0 Å². The molecule has 0 fully saturated rings. The molecule has 2 aromatic rings. The lowest BCUT2D eigenvalue weighted by atomic mass is 9.83. The maximum absolute atomic E-state index is 2.54. The number of hydrogen-bond donors (Lipinski definition) is 0. The topological polar surface area (TPSA) is 0 Å². The quantitative estimate of drug-likeness (QED) is 0.249. The molecule has 0 bridgehead atoms. The molecule has 2 aliphatic carbocycles. The lowest BCUT2D eigenvalue weighted by Crippen LogP contribution is -2.05. The molecule has 194 valence electrons. The molecule has 0 nitrogen and oxygen atoms in total. The van der Waals surface area contributed by atoms with Gasteiger partial charge in [-0.3, -0.25) is 0 Å². The van der Waals surface area contributed by atoms with Crippen molar-refractivity contribution in [2.75, 3.05) is 0 Å². The molecule has 36 heavy (non-hydrogen) atoms. The summed E-state index contributed by atoms with van der Waals surface area (Å²) in [6.45, 7) is 4.61. The number of benzene rings is 2. The van der Waals surface area contributed by atoms with E-state index in [0.29, 0.717) is 0 Å². The second-order valence-corrected chi connectivity index (χ2v) is 11.6. The van der Waals surface area contributed by atoms with Crippen LogP contribution in [0, 0.1) is 11.8 Å². The minimum absolute atomic E-state index is 0.914. The first-order valence-electron chi connectivity index (χ1n) is 15.4. The van der Waals surface area contributed by atoms with E-state index in [2.05, 4.69) is 74.5 Å². The predicted octanol–water partition coefficient (Wildman–Crippen LogP) is 11.7. The van der Waals surface area contributed by atoms with Gasteiger partial charge in [0.15, 0.2) is 0 Å². The smallest absolute Gasteiger partial charge is 0.0184 e. The molecule has 0 aliphatic heterocycles. The monoisotopic (exact) mass is 482 g/mol. The molecule has 0 saturated carbocycles. The zero-order valence-corrected chi connectivity index (χ0v) is 23.2. The minimum atomic E-state index is 0.914. The first-order chi connectivity index (χ1) is 17.8. The van der Waals surface area contributed by atoms with E-state index in [9.17, 15) is 0 Å². The Labute approximate surface area is 222 Å². The van der Waals surface area contributed by atoms with Crippen molar-refractivity contribution >= 4 is 11.1 Å². The Morgan fingerprint density at radius 2 is 0.917 bits per heavy atom. The first-order valence-corrected chi connectivity index (χ1v) is 15.4. The molecule has 4 rings (SSSR count). The lowest BCUT2D eigenvalue weighted by Gasteiger charge is -2.22. The van der Waals surface area contributed by atoms with Crippen LogP contribution in [0.1, 0.15) is 128 Å². The van der Waals surface area contributed by atoms with Gasteiger partial charge in [0.1, 0.15) is 0 Å². The van der Waals surface area contributed by atoms with Gasteiger partial charge in [-0.2, -0.15) is 0 Å². The predicted molar refractivity (Wildman–Crippen MR) is 160 cm³/mol. The van der Waals surface area contributed by atoms with Gasteiger partial charge < -0.3 is 0 Å². The molecule has 0 aromatic heterocycles. The third-order valence-corrected chi connectivity index (χ3v) is 8.82. The van der Waals surface area contributed by atoms with Crippen LogP contribution in [0.3, 0.4) is 0 Å². The zero-order valence-electron chi connectivity index (χ0n) is 23.2. The molecule has 2 aromatic carbocycles. The molecule has 0 heterocycles. The lowest BCUT2D eigenvalue weighted by molar-refractivity contribution is 0.423. The van der Waals surface area contributed by atoms with Crippen LogP contribution < -0.4 is 0 Å². The summed E-state index contributed by atoms with van der Waals surface area (Å²) >= 11 is 0. The van der Waals surface area contributed by atoms with Crippen LogP contribution in [0.4, 0.5) is 0 Å². The Morgan fingerprint density at radius 3 is 1.36 bits per heavy atom. The van der Waals surface area contributed by atoms with E-state index in [-0.39, 0.29) is 0 Å². The van der Waals surface area contributed by atoms with Gasteiger partial charge in [0.2, 0.25) is 0 Å². The van der Waals surface area contributed by atoms with E-state index in [0.717, 1.165) is 11.8 Å². The second kappa shape index (κ2) is 14.6. The number of unbranched alkanes of at least 4 members (excludes halogenated alkanes) is 6. The fraction of sp³-hybridized carbons (Fsp3) is 0.556. The molecular weight excluding hydrogens is 432 g/mol. The average molecular weight is 483 g/mol. The molecule has 0 spiro atoms. The molecular formula is C36H50. The first kappa shape index (κ1) is 27.0. The molecule has 0 heteroatoms. The summed E-state index contributed by atoms with van der Waals surface area (Å²) in [7, 11) is 0. The van der Waals surface area contributed by atoms with Crippen LogP contribution in [-0.4, -0.2) is 0 Å². The standard InChI is InChI=1S/C36H50/c1-3-5-7-8-9-10-12-30-15-19-32(20-16-30)34-23-27-36(28-24-34)35-25-21-33(22-26-35)31-17-13-29(14-18-31)11-6-4-2/h17,19,21-30H,3-16,18,20H2,1-2H3. The Hall–Kier alpha value is -2.08. The van der Waals surface area contributed by atoms with Gasteiger partial charge in [-0.05, 0) is 83.8 Å². The van der Waals surface area contributed by atoms with Crippen LogP contribution in [0.2, 0.25) is 0 Å². The van der Waals surface area contributed by atoms with E-state index in [1.165, 1.54) is 125 Å². The van der Waals surface area contributed by atoms with Gasteiger partial charge in [0.25, 0.3) is 0 Å². The summed E-state index contributed by atoms with van der Waals surface area (Å²) in [6.07, 6.45) is 26.9. The summed E-state index contributed by atoms with van der Waals surface area (Å²) in [4.78, 5) is 0. The SMILES string of the molecule is CCCCCCCCC1CC=C(c2ccc(-c3ccc(C4=CCC(CCCC)CC4)cc3)cc2)CC1. The molecule has 0 amide bonds. The van der Waals surface area contributed by atoms with Crippen LogP contribution >= 0.6 is 0 Å². The van der Waals surface area contributed by atoms with Crippen LogP contribution in [0.5, 0.6) is 0 Å². The van der Waals surface area contributed by atoms with Gasteiger partial charge in [-0.15, -0.1) is 0 Å². The van der Waals surface area contributed by atoms with Gasteiger partial charge >= 0.3 is 0 Å². The van der Waals surface area contributed by atoms with Crippen molar-refractivity contribution in [3.63, 3.8) is 0 Å². The maximum Gasteiger partial charge on any atom is -0.0184 e. The summed E-state index contributed by atoms with van der Waals surface area (Å²) in [5.41, 5.74) is 8.64. The minimum Gasteiger partial charge on any atom is -0.0804 e. The van der Waals surface area contributed by atoms with E-state index in [4.69, 9.17) is 0 Å². The Bertz CT molecular complexity index is 956. The van der Waals surface area contributed by atoms with Gasteiger partial charge in [-0.25, -0.2) is 0 Å². The second-order valence-electron chi connectivity index (χ2n) is 11.6. The van der Waals surface area contributed by atoms with E-state index < -0.39 is 0 Å².